The van der Waals surface area contributed by atoms with Crippen molar-refractivity contribution in [1.29, 1.82) is 0 Å². The van der Waals surface area contributed by atoms with Gasteiger partial charge in [-0.1, -0.05) is 11.6 Å². The van der Waals surface area contributed by atoms with Crippen LogP contribution in [0.2, 0.25) is 0 Å². The van der Waals surface area contributed by atoms with E-state index in [1.807, 2.05) is 12.3 Å². The van der Waals surface area contributed by atoms with Gasteiger partial charge in [-0.3, -0.25) is 10.3 Å². The summed E-state index contributed by atoms with van der Waals surface area (Å²) in [5, 5.41) is 2.21. The third-order valence-corrected chi connectivity index (χ3v) is 4.21. The van der Waals surface area contributed by atoms with Crippen LogP contribution in [0.3, 0.4) is 0 Å². The van der Waals surface area contributed by atoms with Crippen molar-refractivity contribution < 1.29 is 4.84 Å². The van der Waals surface area contributed by atoms with Gasteiger partial charge in [0.05, 0.1) is 12.3 Å². The van der Waals surface area contributed by atoms with Gasteiger partial charge in [-0.15, -0.1) is 34.0 Å². The SMILES string of the molecule is Br.Br.CN1[C@@H]2CC[C@H]1C[C@@H](ON1C=CC=C(Cl)N1)C2. The Morgan fingerprint density at radius 3 is 2.47 bits per heavy atom. The predicted molar refractivity (Wildman–Crippen MR) is 87.4 cm³/mol. The summed E-state index contributed by atoms with van der Waals surface area (Å²) in [5.41, 5.74) is 2.96. The predicted octanol–water partition coefficient (Wildman–Crippen LogP) is 3.11. The average Bonchev–Trinajstić information content (AvgIpc) is 2.52. The summed E-state index contributed by atoms with van der Waals surface area (Å²) in [5.74, 6) is 0. The van der Waals surface area contributed by atoms with Crippen molar-refractivity contribution >= 4 is 45.6 Å². The summed E-state index contributed by atoms with van der Waals surface area (Å²) in [7, 11) is 2.23. The molecule has 0 aliphatic carbocycles. The summed E-state index contributed by atoms with van der Waals surface area (Å²) >= 11 is 5.89. The van der Waals surface area contributed by atoms with Gasteiger partial charge in [0, 0.05) is 12.1 Å². The molecule has 3 heterocycles. The number of nitrogens with zero attached hydrogens (tertiary/aromatic N) is 2. The quantitative estimate of drug-likeness (QED) is 0.699. The highest BCUT2D eigenvalue weighted by molar-refractivity contribution is 8.93. The van der Waals surface area contributed by atoms with Crippen LogP contribution in [0.1, 0.15) is 25.7 Å². The fourth-order valence-corrected chi connectivity index (χ4v) is 3.21. The van der Waals surface area contributed by atoms with Crippen LogP contribution in [0.15, 0.2) is 23.5 Å². The zero-order valence-corrected chi connectivity index (χ0v) is 15.0. The van der Waals surface area contributed by atoms with Crippen molar-refractivity contribution in [2.45, 2.75) is 43.9 Å². The van der Waals surface area contributed by atoms with E-state index in [4.69, 9.17) is 16.4 Å². The lowest BCUT2D eigenvalue weighted by Crippen LogP contribution is -2.46. The van der Waals surface area contributed by atoms with Crippen LogP contribution in [0.5, 0.6) is 0 Å². The number of hydrazine groups is 1. The minimum atomic E-state index is 0. The zero-order valence-electron chi connectivity index (χ0n) is 10.8. The third-order valence-electron chi connectivity index (χ3n) is 4.00. The van der Waals surface area contributed by atoms with Crippen molar-refractivity contribution in [2.75, 3.05) is 7.05 Å². The molecule has 3 rings (SSSR count). The lowest BCUT2D eigenvalue weighted by Gasteiger charge is -2.37. The Kier molecular flexibility index (Phi) is 6.66. The first kappa shape index (κ1) is 17.3. The van der Waals surface area contributed by atoms with Crippen molar-refractivity contribution in [3.05, 3.63) is 23.5 Å². The third kappa shape index (κ3) is 3.88. The number of halogens is 3. The first-order valence-electron chi connectivity index (χ1n) is 6.21. The van der Waals surface area contributed by atoms with E-state index in [0.29, 0.717) is 23.3 Å². The van der Waals surface area contributed by atoms with Gasteiger partial charge in [-0.25, -0.2) is 0 Å². The van der Waals surface area contributed by atoms with E-state index in [1.165, 1.54) is 12.8 Å². The minimum absolute atomic E-state index is 0. The second-order valence-corrected chi connectivity index (χ2v) is 5.45. The molecule has 0 spiro atoms. The molecule has 2 saturated heterocycles. The van der Waals surface area contributed by atoms with E-state index in [1.54, 1.807) is 11.2 Å². The number of hydrogen-bond donors (Lipinski definition) is 1. The van der Waals surface area contributed by atoms with Crippen molar-refractivity contribution in [1.82, 2.24) is 15.5 Å². The molecule has 0 aromatic rings. The van der Waals surface area contributed by atoms with E-state index >= 15 is 0 Å². The molecule has 7 heteroatoms. The highest BCUT2D eigenvalue weighted by atomic mass is 79.9. The topological polar surface area (TPSA) is 27.7 Å². The first-order chi connectivity index (χ1) is 8.22. The molecule has 19 heavy (non-hydrogen) atoms. The summed E-state index contributed by atoms with van der Waals surface area (Å²) < 4.78 is 0. The summed E-state index contributed by atoms with van der Waals surface area (Å²) in [6.07, 6.45) is 10.7. The average molecular weight is 418 g/mol. The molecule has 2 bridgehead atoms. The van der Waals surface area contributed by atoms with Gasteiger partial charge in [0.15, 0.2) is 0 Å². The Morgan fingerprint density at radius 2 is 1.89 bits per heavy atom. The van der Waals surface area contributed by atoms with Crippen LogP contribution in [0.25, 0.3) is 0 Å². The number of rotatable bonds is 2. The van der Waals surface area contributed by atoms with E-state index in [-0.39, 0.29) is 34.0 Å². The highest BCUT2D eigenvalue weighted by Gasteiger charge is 2.39. The summed E-state index contributed by atoms with van der Waals surface area (Å²) in [6, 6.07) is 1.39. The second kappa shape index (κ2) is 7.31. The molecule has 1 N–H and O–H groups in total. The van der Waals surface area contributed by atoms with E-state index in [2.05, 4.69) is 17.4 Å². The number of allylic oxidation sites excluding steroid dienone is 2. The van der Waals surface area contributed by atoms with Crippen LogP contribution in [0, 0.1) is 0 Å². The number of fused-ring (bicyclic) bond motifs is 2. The Morgan fingerprint density at radius 1 is 1.26 bits per heavy atom. The Labute approximate surface area is 140 Å². The van der Waals surface area contributed by atoms with Crippen molar-refractivity contribution in [3.63, 3.8) is 0 Å². The molecule has 0 radical (unpaired) electrons. The molecule has 3 aliphatic heterocycles. The molecule has 0 unspecified atom stereocenters. The zero-order chi connectivity index (χ0) is 11.8. The van der Waals surface area contributed by atoms with E-state index in [0.717, 1.165) is 12.8 Å². The molecule has 0 aromatic carbocycles. The monoisotopic (exact) mass is 415 g/mol. The maximum absolute atomic E-state index is 5.92. The van der Waals surface area contributed by atoms with E-state index in [9.17, 15) is 0 Å². The Balaban J connectivity index is 0.000000902. The first-order valence-corrected chi connectivity index (χ1v) is 6.59. The molecule has 0 amide bonds. The molecule has 4 nitrogen and oxygen atoms in total. The fraction of sp³-hybridized carbons (Fsp3) is 0.667. The number of piperidine rings is 1. The maximum Gasteiger partial charge on any atom is 0.122 e. The molecule has 110 valence electrons. The Bertz CT molecular complexity index is 353. The van der Waals surface area contributed by atoms with Gasteiger partial charge in [-0.05, 0) is 44.9 Å². The number of hydroxylamine groups is 1. The molecule has 3 atom stereocenters. The van der Waals surface area contributed by atoms with Crippen LogP contribution in [-0.4, -0.2) is 35.3 Å². The van der Waals surface area contributed by atoms with Gasteiger partial charge < -0.3 is 4.90 Å². The lowest BCUT2D eigenvalue weighted by molar-refractivity contribution is -0.205. The minimum Gasteiger partial charge on any atom is -0.300 e. The normalized spacial score (nSPS) is 33.1. The van der Waals surface area contributed by atoms with Crippen LogP contribution < -0.4 is 5.43 Å². The Hall–Kier alpha value is 0.250. The molecule has 0 saturated carbocycles. The fourth-order valence-electron chi connectivity index (χ4n) is 3.06. The van der Waals surface area contributed by atoms with E-state index < -0.39 is 0 Å². The second-order valence-electron chi connectivity index (χ2n) is 5.04. The van der Waals surface area contributed by atoms with Crippen molar-refractivity contribution in [3.8, 4) is 0 Å². The largest absolute Gasteiger partial charge is 0.300 e. The standard InChI is InChI=1S/C12H18ClN3O.2BrH/c1-15-9-4-5-10(15)8-11(7-9)17-16-6-2-3-12(13)14-16;;/h2-3,6,9-11,14H,4-5,7-8H2,1H3;2*1H/t9-,10+,11+;;. The van der Waals surface area contributed by atoms with Crippen LogP contribution in [-0.2, 0) is 4.84 Å². The lowest BCUT2D eigenvalue weighted by atomic mass is 10.0. The molecule has 3 aliphatic rings. The van der Waals surface area contributed by atoms with Gasteiger partial charge in [0.1, 0.15) is 5.16 Å². The number of nitrogens with one attached hydrogen (secondary N) is 1. The molecular weight excluding hydrogens is 397 g/mol. The smallest absolute Gasteiger partial charge is 0.122 e. The molecule has 0 aromatic heterocycles. The molecular formula is C12H20Br2ClN3O. The van der Waals surface area contributed by atoms with Gasteiger partial charge in [-0.2, -0.15) is 5.17 Å². The van der Waals surface area contributed by atoms with Gasteiger partial charge >= 0.3 is 0 Å². The van der Waals surface area contributed by atoms with Crippen molar-refractivity contribution in [2.24, 2.45) is 0 Å². The van der Waals surface area contributed by atoms with Crippen LogP contribution >= 0.6 is 45.6 Å². The van der Waals surface area contributed by atoms with Crippen LogP contribution in [0.4, 0.5) is 0 Å². The molecule has 2 fully saturated rings. The van der Waals surface area contributed by atoms with Gasteiger partial charge in [0.25, 0.3) is 0 Å². The summed E-state index contributed by atoms with van der Waals surface area (Å²) in [4.78, 5) is 8.42. The maximum atomic E-state index is 5.92. The summed E-state index contributed by atoms with van der Waals surface area (Å²) in [6.45, 7) is 0. The number of hydrogen-bond acceptors (Lipinski definition) is 4. The van der Waals surface area contributed by atoms with Gasteiger partial charge in [0.2, 0.25) is 0 Å². The highest BCUT2D eigenvalue weighted by Crippen LogP contribution is 2.35.